The number of thiophene rings is 1. The number of aryl methyl sites for hydroxylation is 1. The van der Waals surface area contributed by atoms with E-state index in [-0.39, 0.29) is 6.17 Å². The van der Waals surface area contributed by atoms with Crippen molar-refractivity contribution in [2.45, 2.75) is 40.8 Å². The summed E-state index contributed by atoms with van der Waals surface area (Å²) in [4.78, 5) is 15.8. The van der Waals surface area contributed by atoms with Gasteiger partial charge < -0.3 is 14.9 Å². The molecular weight excluding hydrogens is 332 g/mol. The van der Waals surface area contributed by atoms with E-state index in [9.17, 15) is 9.90 Å². The van der Waals surface area contributed by atoms with Gasteiger partial charge in [0.2, 0.25) is 6.41 Å². The molecule has 1 atom stereocenters. The number of hydrogen-bond donors (Lipinski definition) is 1. The Morgan fingerprint density at radius 2 is 2.04 bits per heavy atom. The van der Waals surface area contributed by atoms with Gasteiger partial charge in [-0.15, -0.1) is 11.3 Å². The van der Waals surface area contributed by atoms with Gasteiger partial charge in [-0.25, -0.2) is 0 Å². The summed E-state index contributed by atoms with van der Waals surface area (Å²) >= 11 is 1.57. The molecule has 5 heteroatoms. The highest BCUT2D eigenvalue weighted by molar-refractivity contribution is 7.23. The van der Waals surface area contributed by atoms with Gasteiger partial charge in [0.15, 0.2) is 0 Å². The number of fused-ring (bicyclic) bond motifs is 1. The number of rotatable bonds is 7. The molecule has 0 aliphatic rings. The number of amides is 1. The van der Waals surface area contributed by atoms with Gasteiger partial charge in [-0.05, 0) is 43.9 Å². The van der Waals surface area contributed by atoms with Crippen LogP contribution in [-0.2, 0) is 4.79 Å². The second-order valence-electron chi connectivity index (χ2n) is 6.90. The summed E-state index contributed by atoms with van der Waals surface area (Å²) in [5.41, 5.74) is 2.25. The molecule has 1 aromatic carbocycles. The first-order valence-electron chi connectivity index (χ1n) is 8.59. The topological polar surface area (TPSA) is 43.8 Å². The number of allylic oxidation sites excluding steroid dienone is 1. The van der Waals surface area contributed by atoms with Gasteiger partial charge in [0.1, 0.15) is 11.9 Å². The fraction of sp³-hybridized carbons (Fsp3) is 0.450. The lowest BCUT2D eigenvalue weighted by Crippen LogP contribution is -2.48. The number of hydrogen-bond acceptors (Lipinski definition) is 4. The Balaban J connectivity index is 2.53. The summed E-state index contributed by atoms with van der Waals surface area (Å²) in [5, 5.41) is 12.3. The monoisotopic (exact) mass is 360 g/mol. The second kappa shape index (κ2) is 7.91. The lowest BCUT2D eigenvalue weighted by molar-refractivity contribution is -0.120. The number of nitrogens with zero attached hydrogens (tertiary/aromatic N) is 2. The molecule has 0 saturated heterocycles. The van der Waals surface area contributed by atoms with Gasteiger partial charge >= 0.3 is 0 Å². The summed E-state index contributed by atoms with van der Waals surface area (Å²) < 4.78 is 0.889. The molecule has 0 aliphatic carbocycles. The maximum absolute atomic E-state index is 11.8. The van der Waals surface area contributed by atoms with Crippen molar-refractivity contribution in [2.75, 3.05) is 18.5 Å². The van der Waals surface area contributed by atoms with Gasteiger partial charge in [-0.1, -0.05) is 32.1 Å². The van der Waals surface area contributed by atoms with E-state index in [4.69, 9.17) is 0 Å². The van der Waals surface area contributed by atoms with Crippen molar-refractivity contribution < 1.29 is 9.90 Å². The number of benzene rings is 1. The highest BCUT2D eigenvalue weighted by Gasteiger charge is 2.27. The molecule has 0 fully saturated rings. The third-order valence-electron chi connectivity index (χ3n) is 4.49. The summed E-state index contributed by atoms with van der Waals surface area (Å²) in [5.74, 6) is 0.692. The minimum Gasteiger partial charge on any atom is -0.506 e. The number of carbonyl (C=O) groups excluding carboxylic acids is 1. The highest BCUT2D eigenvalue weighted by atomic mass is 32.1. The van der Waals surface area contributed by atoms with E-state index in [2.05, 4.69) is 38.7 Å². The lowest BCUT2D eigenvalue weighted by atomic mass is 10.1. The van der Waals surface area contributed by atoms with Crippen molar-refractivity contribution in [3.05, 3.63) is 35.4 Å². The van der Waals surface area contributed by atoms with Crippen LogP contribution in [0.5, 0.6) is 5.75 Å². The number of carbonyl (C=O) groups is 1. The van der Waals surface area contributed by atoms with Crippen LogP contribution in [0.2, 0.25) is 0 Å². The molecule has 0 radical (unpaired) electrons. The van der Waals surface area contributed by atoms with Crippen molar-refractivity contribution >= 4 is 32.8 Å². The van der Waals surface area contributed by atoms with Crippen LogP contribution < -0.4 is 4.90 Å². The number of phenols is 1. The van der Waals surface area contributed by atoms with Crippen LogP contribution in [-0.4, -0.2) is 36.2 Å². The Bertz CT molecular complexity index is 779. The molecule has 1 aromatic heterocycles. The zero-order valence-corrected chi connectivity index (χ0v) is 16.7. The smallest absolute Gasteiger partial charge is 0.211 e. The minimum absolute atomic E-state index is 0.140. The first-order chi connectivity index (χ1) is 11.8. The summed E-state index contributed by atoms with van der Waals surface area (Å²) in [6.07, 6.45) is 2.85. The van der Waals surface area contributed by atoms with E-state index in [1.54, 1.807) is 17.4 Å². The Morgan fingerprint density at radius 3 is 2.56 bits per heavy atom. The molecule has 136 valence electrons. The van der Waals surface area contributed by atoms with Gasteiger partial charge in [0.05, 0.1) is 9.70 Å². The molecule has 1 N–H and O–H groups in total. The predicted molar refractivity (Wildman–Crippen MR) is 107 cm³/mol. The molecule has 1 amide bonds. The highest BCUT2D eigenvalue weighted by Crippen LogP contribution is 2.42. The first kappa shape index (κ1) is 19.3. The van der Waals surface area contributed by atoms with Crippen LogP contribution in [0.25, 0.3) is 10.1 Å². The van der Waals surface area contributed by atoms with Crippen LogP contribution in [0.15, 0.2) is 29.8 Å². The second-order valence-corrected chi connectivity index (χ2v) is 7.90. The van der Waals surface area contributed by atoms with E-state index >= 15 is 0 Å². The molecule has 2 rings (SSSR count). The van der Waals surface area contributed by atoms with Crippen LogP contribution in [0.1, 0.15) is 33.3 Å². The minimum atomic E-state index is -0.140. The number of aromatic hydroxyl groups is 1. The van der Waals surface area contributed by atoms with Crippen molar-refractivity contribution in [3.8, 4) is 5.75 Å². The first-order valence-corrected chi connectivity index (χ1v) is 9.41. The Labute approximate surface area is 154 Å². The average molecular weight is 361 g/mol. The standard InChI is InChI=1S/C20H28N2O2S/c1-7-14(4)19(22(12-23)11-13(2)3)21(6)20-15(5)16-9-8-10-17(24)18(16)25-20/h7-10,12-13,19,24H,11H2,1-6H3/b14-7+. The van der Waals surface area contributed by atoms with Crippen LogP contribution in [0, 0.1) is 12.8 Å². The quantitative estimate of drug-likeness (QED) is 0.440. The van der Waals surface area contributed by atoms with E-state index < -0.39 is 0 Å². The molecule has 2 aromatic rings. The zero-order valence-electron chi connectivity index (χ0n) is 15.9. The normalized spacial score (nSPS) is 13.3. The third kappa shape index (κ3) is 3.82. The SMILES string of the molecule is C/C=C(\C)C(N(C=O)CC(C)C)N(C)c1sc2c(O)cccc2c1C. The van der Waals surface area contributed by atoms with Gasteiger partial charge in [-0.2, -0.15) is 0 Å². The van der Waals surface area contributed by atoms with E-state index in [1.165, 1.54) is 0 Å². The summed E-state index contributed by atoms with van der Waals surface area (Å²) in [7, 11) is 2.02. The average Bonchev–Trinajstić information content (AvgIpc) is 2.92. The van der Waals surface area contributed by atoms with Crippen molar-refractivity contribution in [3.63, 3.8) is 0 Å². The van der Waals surface area contributed by atoms with Crippen molar-refractivity contribution in [1.29, 1.82) is 0 Å². The molecule has 1 heterocycles. The molecular formula is C20H28N2O2S. The lowest BCUT2D eigenvalue weighted by Gasteiger charge is -2.38. The van der Waals surface area contributed by atoms with E-state index in [0.29, 0.717) is 18.2 Å². The van der Waals surface area contributed by atoms with Crippen LogP contribution in [0.4, 0.5) is 5.00 Å². The maximum atomic E-state index is 11.8. The fourth-order valence-corrected chi connectivity index (χ4v) is 4.43. The molecule has 25 heavy (non-hydrogen) atoms. The Hall–Kier alpha value is -2.01. The zero-order chi connectivity index (χ0) is 18.7. The Kier molecular flexibility index (Phi) is 6.11. The molecule has 1 unspecified atom stereocenters. The molecule has 0 bridgehead atoms. The number of phenolic OH excluding ortho intramolecular Hbond substituents is 1. The summed E-state index contributed by atoms with van der Waals surface area (Å²) in [6, 6.07) is 5.61. The third-order valence-corrected chi connectivity index (χ3v) is 5.91. The maximum Gasteiger partial charge on any atom is 0.211 e. The fourth-order valence-electron chi connectivity index (χ4n) is 3.22. The number of anilines is 1. The predicted octanol–water partition coefficient (Wildman–Crippen LogP) is 4.76. The number of likely N-dealkylation sites (N-methyl/N-ethyl adjacent to an activating group) is 1. The largest absolute Gasteiger partial charge is 0.506 e. The molecule has 0 saturated carbocycles. The summed E-state index contributed by atoms with van der Waals surface area (Å²) in [6.45, 7) is 11.0. The van der Waals surface area contributed by atoms with E-state index in [1.807, 2.05) is 31.0 Å². The van der Waals surface area contributed by atoms with Gasteiger partial charge in [-0.3, -0.25) is 4.79 Å². The van der Waals surface area contributed by atoms with Gasteiger partial charge in [0, 0.05) is 19.0 Å². The van der Waals surface area contributed by atoms with Crippen LogP contribution >= 0.6 is 11.3 Å². The molecule has 4 nitrogen and oxygen atoms in total. The molecule has 0 aliphatic heterocycles. The van der Waals surface area contributed by atoms with E-state index in [0.717, 1.165) is 32.6 Å². The van der Waals surface area contributed by atoms with Crippen molar-refractivity contribution in [2.24, 2.45) is 5.92 Å². The van der Waals surface area contributed by atoms with Gasteiger partial charge in [0.25, 0.3) is 0 Å². The van der Waals surface area contributed by atoms with Crippen LogP contribution in [0.3, 0.4) is 0 Å². The molecule has 0 spiro atoms. The Morgan fingerprint density at radius 1 is 1.36 bits per heavy atom. The van der Waals surface area contributed by atoms with Crippen molar-refractivity contribution in [1.82, 2.24) is 4.90 Å².